The van der Waals surface area contributed by atoms with Crippen LogP contribution < -0.4 is 0 Å². The number of halogens is 1. The highest BCUT2D eigenvalue weighted by Crippen LogP contribution is 2.43. The first-order valence-electron chi connectivity index (χ1n) is 9.70. The van der Waals surface area contributed by atoms with Gasteiger partial charge in [-0.05, 0) is 30.2 Å². The van der Waals surface area contributed by atoms with Gasteiger partial charge < -0.3 is 14.2 Å². The number of hydrogen-bond acceptors (Lipinski definition) is 4. The summed E-state index contributed by atoms with van der Waals surface area (Å²) in [5, 5.41) is 10.4. The minimum atomic E-state index is -0.910. The summed E-state index contributed by atoms with van der Waals surface area (Å²) in [5.74, 6) is -1.28. The van der Waals surface area contributed by atoms with E-state index < -0.39 is 23.9 Å². The van der Waals surface area contributed by atoms with Crippen molar-refractivity contribution in [2.45, 2.75) is 25.4 Å². The molecule has 1 amide bonds. The van der Waals surface area contributed by atoms with Gasteiger partial charge in [-0.1, -0.05) is 37.3 Å². The molecule has 7 heteroatoms. The zero-order valence-corrected chi connectivity index (χ0v) is 16.6. The number of nitriles is 1. The Hall–Kier alpha value is -3.66. The first-order valence-corrected chi connectivity index (χ1v) is 9.70. The maximum Gasteiger partial charge on any atom is 0.331 e. The number of fused-ring (bicyclic) bond motifs is 3. The van der Waals surface area contributed by atoms with Crippen LogP contribution in [-0.2, 0) is 9.53 Å². The fourth-order valence-electron chi connectivity index (χ4n) is 4.31. The molecule has 2 aromatic carbocycles. The Balaban J connectivity index is 2.07. The molecule has 1 aliphatic heterocycles. The zero-order chi connectivity index (χ0) is 21.4. The van der Waals surface area contributed by atoms with Crippen LogP contribution in [0.25, 0.3) is 10.9 Å². The lowest BCUT2D eigenvalue weighted by Crippen LogP contribution is -2.48. The van der Waals surface area contributed by atoms with Gasteiger partial charge >= 0.3 is 5.97 Å². The molecule has 2 heterocycles. The van der Waals surface area contributed by atoms with Crippen molar-refractivity contribution in [3.8, 4) is 6.07 Å². The first-order chi connectivity index (χ1) is 14.5. The number of aromatic nitrogens is 1. The molecule has 1 aromatic heterocycles. The van der Waals surface area contributed by atoms with Crippen LogP contribution >= 0.6 is 0 Å². The average Bonchev–Trinajstić information content (AvgIpc) is 3.10. The van der Waals surface area contributed by atoms with E-state index in [1.54, 1.807) is 45.9 Å². The van der Waals surface area contributed by atoms with Crippen LogP contribution in [0.2, 0.25) is 0 Å². The van der Waals surface area contributed by atoms with Crippen LogP contribution in [0.1, 0.15) is 47.0 Å². The van der Waals surface area contributed by atoms with E-state index in [0.717, 1.165) is 0 Å². The highest BCUT2D eigenvalue weighted by atomic mass is 19.1. The van der Waals surface area contributed by atoms with Crippen LogP contribution in [-0.4, -0.2) is 35.0 Å². The van der Waals surface area contributed by atoms with Gasteiger partial charge in [0.15, 0.2) is 6.04 Å². The lowest BCUT2D eigenvalue weighted by molar-refractivity contribution is -0.147. The van der Waals surface area contributed by atoms with Gasteiger partial charge in [-0.3, -0.25) is 4.79 Å². The van der Waals surface area contributed by atoms with Gasteiger partial charge in [-0.25, -0.2) is 9.18 Å². The number of amides is 1. The molecule has 0 N–H and O–H groups in total. The number of rotatable bonds is 4. The van der Waals surface area contributed by atoms with Crippen molar-refractivity contribution in [1.29, 1.82) is 5.26 Å². The minimum Gasteiger partial charge on any atom is -0.467 e. The molecule has 152 valence electrons. The zero-order valence-electron chi connectivity index (χ0n) is 16.6. The van der Waals surface area contributed by atoms with E-state index in [1.807, 2.05) is 6.92 Å². The van der Waals surface area contributed by atoms with E-state index >= 15 is 0 Å². The highest BCUT2D eigenvalue weighted by Gasteiger charge is 2.47. The van der Waals surface area contributed by atoms with E-state index in [0.29, 0.717) is 29.4 Å². The van der Waals surface area contributed by atoms with Gasteiger partial charge in [0.2, 0.25) is 0 Å². The predicted octanol–water partition coefficient (Wildman–Crippen LogP) is 3.97. The molecule has 3 aromatic rings. The number of methoxy groups -OCH3 is 1. The molecule has 2 atom stereocenters. The van der Waals surface area contributed by atoms with Crippen LogP contribution in [0.3, 0.4) is 0 Å². The highest BCUT2D eigenvalue weighted by molar-refractivity contribution is 6.06. The number of esters is 1. The molecule has 0 bridgehead atoms. The average molecular weight is 405 g/mol. The molecule has 6 nitrogen and oxygen atoms in total. The molecule has 4 rings (SSSR count). The van der Waals surface area contributed by atoms with Gasteiger partial charge in [0.05, 0.1) is 24.2 Å². The Bertz CT molecular complexity index is 1180. The van der Waals surface area contributed by atoms with E-state index in [4.69, 9.17) is 4.74 Å². The van der Waals surface area contributed by atoms with Gasteiger partial charge in [0.1, 0.15) is 17.6 Å². The topological polar surface area (TPSA) is 75.3 Å². The quantitative estimate of drug-likeness (QED) is 0.616. The maximum atomic E-state index is 13.6. The third-order valence-corrected chi connectivity index (χ3v) is 5.52. The SMILES string of the molecule is CCCN1C(=O)c2c(C#N)c3ccccc3n2[C@H](C(=O)OC)[C@H]1c1ccc(F)cc1. The molecule has 0 aliphatic carbocycles. The second kappa shape index (κ2) is 7.64. The van der Waals surface area contributed by atoms with Crippen LogP contribution in [0.15, 0.2) is 48.5 Å². The molecule has 0 saturated carbocycles. The molecule has 0 unspecified atom stereocenters. The number of para-hydroxylation sites is 1. The molecular weight excluding hydrogens is 385 g/mol. The van der Waals surface area contributed by atoms with Gasteiger partial charge in [0, 0.05) is 11.9 Å². The van der Waals surface area contributed by atoms with Crippen LogP contribution in [0, 0.1) is 17.1 Å². The van der Waals surface area contributed by atoms with Gasteiger partial charge in [-0.2, -0.15) is 5.26 Å². The lowest BCUT2D eigenvalue weighted by Gasteiger charge is -2.41. The third kappa shape index (κ3) is 2.84. The van der Waals surface area contributed by atoms with Crippen LogP contribution in [0.4, 0.5) is 4.39 Å². The number of carbonyl (C=O) groups is 2. The van der Waals surface area contributed by atoms with E-state index in [2.05, 4.69) is 6.07 Å². The number of ether oxygens (including phenoxy) is 1. The van der Waals surface area contributed by atoms with Crippen molar-refractivity contribution in [2.24, 2.45) is 0 Å². The fraction of sp³-hybridized carbons (Fsp3) is 0.261. The van der Waals surface area contributed by atoms with Crippen LogP contribution in [0.5, 0.6) is 0 Å². The maximum absolute atomic E-state index is 13.6. The molecule has 0 saturated heterocycles. The summed E-state index contributed by atoms with van der Waals surface area (Å²) in [6.07, 6.45) is 0.652. The molecule has 0 fully saturated rings. The standard InChI is InChI=1S/C23H20FN3O3/c1-3-12-26-19(14-8-10-15(24)11-9-14)21(23(29)30-2)27-18-7-5-4-6-16(18)17(13-25)20(27)22(26)28/h4-11,19,21H,3,12H2,1-2H3/t19-,21+/m1/s1. The molecule has 0 radical (unpaired) electrons. The summed E-state index contributed by atoms with van der Waals surface area (Å²) >= 11 is 0. The molecule has 30 heavy (non-hydrogen) atoms. The van der Waals surface area contributed by atoms with E-state index in [1.165, 1.54) is 19.2 Å². The Morgan fingerprint density at radius 3 is 2.53 bits per heavy atom. The largest absolute Gasteiger partial charge is 0.467 e. The summed E-state index contributed by atoms with van der Waals surface area (Å²) < 4.78 is 20.3. The smallest absolute Gasteiger partial charge is 0.331 e. The van der Waals surface area contributed by atoms with Crippen molar-refractivity contribution in [3.63, 3.8) is 0 Å². The lowest BCUT2D eigenvalue weighted by atomic mass is 9.93. The Labute approximate surface area is 173 Å². The number of carbonyl (C=O) groups excluding carboxylic acids is 2. The predicted molar refractivity (Wildman–Crippen MR) is 108 cm³/mol. The molecular formula is C23H20FN3O3. The van der Waals surface area contributed by atoms with Gasteiger partial charge in [0.25, 0.3) is 5.91 Å². The second-order valence-electron chi connectivity index (χ2n) is 7.19. The Morgan fingerprint density at radius 2 is 1.90 bits per heavy atom. The summed E-state index contributed by atoms with van der Waals surface area (Å²) in [4.78, 5) is 28.2. The van der Waals surface area contributed by atoms with Crippen molar-refractivity contribution < 1.29 is 18.7 Å². The summed E-state index contributed by atoms with van der Waals surface area (Å²) in [6, 6.07) is 13.4. The Morgan fingerprint density at radius 1 is 1.20 bits per heavy atom. The van der Waals surface area contributed by atoms with Crippen molar-refractivity contribution in [3.05, 3.63) is 71.2 Å². The van der Waals surface area contributed by atoms with Crippen molar-refractivity contribution in [1.82, 2.24) is 9.47 Å². The second-order valence-corrected chi connectivity index (χ2v) is 7.19. The molecule has 1 aliphatic rings. The summed E-state index contributed by atoms with van der Waals surface area (Å²) in [5.41, 5.74) is 1.65. The summed E-state index contributed by atoms with van der Waals surface area (Å²) in [6.45, 7) is 2.30. The monoisotopic (exact) mass is 405 g/mol. The van der Waals surface area contributed by atoms with Crippen molar-refractivity contribution >= 4 is 22.8 Å². The first kappa shape index (κ1) is 19.6. The summed E-state index contributed by atoms with van der Waals surface area (Å²) in [7, 11) is 1.29. The Kier molecular flexibility index (Phi) is 5.00. The third-order valence-electron chi connectivity index (χ3n) is 5.52. The van der Waals surface area contributed by atoms with E-state index in [9.17, 15) is 19.2 Å². The fourth-order valence-corrected chi connectivity index (χ4v) is 4.31. The number of hydrogen-bond donors (Lipinski definition) is 0. The number of benzene rings is 2. The molecule has 0 spiro atoms. The minimum absolute atomic E-state index is 0.181. The van der Waals surface area contributed by atoms with E-state index in [-0.39, 0.29) is 17.2 Å². The normalized spacial score (nSPS) is 18.2. The van der Waals surface area contributed by atoms with Crippen molar-refractivity contribution in [2.75, 3.05) is 13.7 Å². The van der Waals surface area contributed by atoms with Gasteiger partial charge in [-0.15, -0.1) is 0 Å². The number of nitrogens with zero attached hydrogens (tertiary/aromatic N) is 3.